The second-order valence-corrected chi connectivity index (χ2v) is 9.99. The number of nitrogens with zero attached hydrogens (tertiary/aromatic N) is 4. The van der Waals surface area contributed by atoms with Crippen LogP contribution in [0.15, 0.2) is 60.7 Å². The number of likely N-dealkylation sites (N-methyl/N-ethyl adjacent to an activating group) is 1. The molecule has 0 aliphatic rings. The van der Waals surface area contributed by atoms with Crippen molar-refractivity contribution in [3.05, 3.63) is 94.8 Å². The summed E-state index contributed by atoms with van der Waals surface area (Å²) in [6, 6.07) is 13.7. The molecule has 0 bridgehead atoms. The topological polar surface area (TPSA) is 102 Å². The van der Waals surface area contributed by atoms with Crippen LogP contribution in [0.3, 0.4) is 0 Å². The van der Waals surface area contributed by atoms with E-state index in [1.54, 1.807) is 25.2 Å². The number of nitrogens with one attached hydrogen (secondary N) is 3. The zero-order valence-corrected chi connectivity index (χ0v) is 24.2. The van der Waals surface area contributed by atoms with Gasteiger partial charge in [0.25, 0.3) is 5.91 Å². The van der Waals surface area contributed by atoms with Crippen LogP contribution in [0, 0.1) is 24.4 Å². The number of benzene rings is 3. The molecular formula is C31H32F3N7O2. The minimum Gasteiger partial charge on any atom is -0.353 e. The lowest BCUT2D eigenvalue weighted by Crippen LogP contribution is -2.25. The Morgan fingerprint density at radius 3 is 2.30 bits per heavy atom. The Kier molecular flexibility index (Phi) is 10.1. The molecular weight excluding hydrogens is 559 g/mol. The van der Waals surface area contributed by atoms with E-state index >= 15 is 0 Å². The van der Waals surface area contributed by atoms with Gasteiger partial charge in [-0.1, -0.05) is 12.1 Å². The lowest BCUT2D eigenvalue weighted by molar-refractivity contribution is -0.106. The monoisotopic (exact) mass is 591 g/mol. The van der Waals surface area contributed by atoms with Gasteiger partial charge in [0.1, 0.15) is 23.1 Å². The summed E-state index contributed by atoms with van der Waals surface area (Å²) in [6.07, 6.45) is 0.301. The highest BCUT2D eigenvalue weighted by Crippen LogP contribution is 2.36. The van der Waals surface area contributed by atoms with E-state index in [2.05, 4.69) is 20.9 Å². The van der Waals surface area contributed by atoms with Gasteiger partial charge in [-0.2, -0.15) is 4.98 Å². The maximum Gasteiger partial charge on any atom is 0.255 e. The van der Waals surface area contributed by atoms with Gasteiger partial charge in [-0.05, 0) is 82.2 Å². The summed E-state index contributed by atoms with van der Waals surface area (Å²) in [5.41, 5.74) is 2.12. The van der Waals surface area contributed by atoms with Gasteiger partial charge >= 0.3 is 0 Å². The number of anilines is 4. The molecule has 0 unspecified atom stereocenters. The van der Waals surface area contributed by atoms with E-state index in [1.165, 1.54) is 30.3 Å². The van der Waals surface area contributed by atoms with Crippen molar-refractivity contribution < 1.29 is 22.8 Å². The fraction of sp³-hybridized carbons (Fsp3) is 0.226. The third kappa shape index (κ3) is 7.34. The maximum absolute atomic E-state index is 14.9. The Morgan fingerprint density at radius 1 is 0.977 bits per heavy atom. The first-order valence-corrected chi connectivity index (χ1v) is 13.4. The SMILES string of the molecule is CNCc1c(-c2cc(C(=O)Nc3ccc(F)cc3)ccc2C)nc(NCCN(C)C)nc1N(C=O)c1c(F)cccc1F. The smallest absolute Gasteiger partial charge is 0.255 e. The standard InChI is InChI=1S/C31H32F3N7O2/c1-19-8-9-20(30(43)37-22-12-10-21(32)11-13-22)16-23(19)27-24(17-35-2)29(39-31(38-27)36-14-15-40(3)4)41(18-42)28-25(33)6-5-7-26(28)34/h5-13,16,18,35H,14-15,17H2,1-4H3,(H,37,43)(H,36,38,39). The number of amides is 2. The Balaban J connectivity index is 1.89. The molecule has 0 radical (unpaired) electrons. The van der Waals surface area contributed by atoms with Crippen LogP contribution in [0.2, 0.25) is 0 Å². The minimum atomic E-state index is -0.944. The number of aromatic nitrogens is 2. The van der Waals surface area contributed by atoms with Gasteiger partial charge in [-0.15, -0.1) is 0 Å². The van der Waals surface area contributed by atoms with Crippen LogP contribution in [-0.2, 0) is 11.3 Å². The van der Waals surface area contributed by atoms with Crippen LogP contribution < -0.4 is 20.9 Å². The van der Waals surface area contributed by atoms with Gasteiger partial charge in [0.2, 0.25) is 12.4 Å². The van der Waals surface area contributed by atoms with E-state index in [9.17, 15) is 22.8 Å². The van der Waals surface area contributed by atoms with E-state index < -0.39 is 29.0 Å². The van der Waals surface area contributed by atoms with Crippen LogP contribution in [0.4, 0.5) is 36.3 Å². The van der Waals surface area contributed by atoms with E-state index in [0.29, 0.717) is 42.0 Å². The van der Waals surface area contributed by atoms with Crippen LogP contribution in [0.25, 0.3) is 11.3 Å². The number of carbonyl (C=O) groups is 2. The summed E-state index contributed by atoms with van der Waals surface area (Å²) in [4.78, 5) is 37.6. The van der Waals surface area contributed by atoms with Crippen molar-refractivity contribution in [2.75, 3.05) is 49.8 Å². The molecule has 0 atom stereocenters. The number of para-hydroxylation sites is 1. The highest BCUT2D eigenvalue weighted by molar-refractivity contribution is 6.05. The number of hydrogen-bond acceptors (Lipinski definition) is 7. The molecule has 4 aromatic rings. The molecule has 0 saturated carbocycles. The first-order valence-electron chi connectivity index (χ1n) is 13.4. The van der Waals surface area contributed by atoms with Gasteiger partial charge in [0, 0.05) is 42.0 Å². The fourth-order valence-electron chi connectivity index (χ4n) is 4.39. The van der Waals surface area contributed by atoms with Crippen LogP contribution in [0.5, 0.6) is 0 Å². The Labute approximate surface area is 247 Å². The third-order valence-electron chi connectivity index (χ3n) is 6.55. The van der Waals surface area contributed by atoms with E-state index in [-0.39, 0.29) is 23.9 Å². The quantitative estimate of drug-likeness (QED) is 0.197. The summed E-state index contributed by atoms with van der Waals surface area (Å²) < 4.78 is 43.2. The summed E-state index contributed by atoms with van der Waals surface area (Å²) >= 11 is 0. The largest absolute Gasteiger partial charge is 0.353 e. The molecule has 0 fully saturated rings. The Hall–Kier alpha value is -4.81. The van der Waals surface area contributed by atoms with Crippen molar-refractivity contribution in [2.45, 2.75) is 13.5 Å². The molecule has 224 valence electrons. The molecule has 0 saturated heterocycles. The second-order valence-electron chi connectivity index (χ2n) is 9.99. The maximum atomic E-state index is 14.9. The van der Waals surface area contributed by atoms with E-state index in [0.717, 1.165) is 22.6 Å². The van der Waals surface area contributed by atoms with Gasteiger partial charge in [0.15, 0.2) is 5.82 Å². The summed E-state index contributed by atoms with van der Waals surface area (Å²) in [5.74, 6) is -2.67. The fourth-order valence-corrected chi connectivity index (χ4v) is 4.39. The number of rotatable bonds is 12. The van der Waals surface area contributed by atoms with Crippen molar-refractivity contribution in [2.24, 2.45) is 0 Å². The molecule has 2 amide bonds. The zero-order valence-electron chi connectivity index (χ0n) is 24.2. The van der Waals surface area contributed by atoms with E-state index in [1.807, 2.05) is 25.9 Å². The third-order valence-corrected chi connectivity index (χ3v) is 6.55. The second kappa shape index (κ2) is 13.9. The van der Waals surface area contributed by atoms with Crippen LogP contribution in [-0.4, -0.2) is 61.4 Å². The molecule has 0 aliphatic heterocycles. The Bertz CT molecular complexity index is 1590. The number of carbonyl (C=O) groups excluding carboxylic acids is 2. The predicted molar refractivity (Wildman–Crippen MR) is 161 cm³/mol. The van der Waals surface area contributed by atoms with Gasteiger partial charge in [0.05, 0.1) is 5.69 Å². The predicted octanol–water partition coefficient (Wildman–Crippen LogP) is 5.11. The van der Waals surface area contributed by atoms with Crippen LogP contribution in [0.1, 0.15) is 21.5 Å². The van der Waals surface area contributed by atoms with Crippen molar-refractivity contribution in [3.8, 4) is 11.3 Å². The number of hydrogen-bond donors (Lipinski definition) is 3. The van der Waals surface area contributed by atoms with Gasteiger partial charge in [-0.3, -0.25) is 14.5 Å². The van der Waals surface area contributed by atoms with Crippen molar-refractivity contribution in [1.29, 1.82) is 0 Å². The van der Waals surface area contributed by atoms with Gasteiger partial charge in [-0.25, -0.2) is 18.2 Å². The van der Waals surface area contributed by atoms with Crippen molar-refractivity contribution in [1.82, 2.24) is 20.2 Å². The molecule has 12 heteroatoms. The number of halogens is 3. The molecule has 43 heavy (non-hydrogen) atoms. The molecule has 4 rings (SSSR count). The summed E-state index contributed by atoms with van der Waals surface area (Å²) in [6.45, 7) is 3.01. The average molecular weight is 592 g/mol. The summed E-state index contributed by atoms with van der Waals surface area (Å²) in [5, 5.41) is 8.88. The van der Waals surface area contributed by atoms with Crippen molar-refractivity contribution >= 4 is 35.5 Å². The highest BCUT2D eigenvalue weighted by atomic mass is 19.1. The zero-order chi connectivity index (χ0) is 31.1. The van der Waals surface area contributed by atoms with Crippen molar-refractivity contribution in [3.63, 3.8) is 0 Å². The normalized spacial score (nSPS) is 11.0. The van der Waals surface area contributed by atoms with Gasteiger partial charge < -0.3 is 20.9 Å². The average Bonchev–Trinajstić information content (AvgIpc) is 2.97. The first kappa shape index (κ1) is 31.1. The summed E-state index contributed by atoms with van der Waals surface area (Å²) in [7, 11) is 5.47. The van der Waals surface area contributed by atoms with E-state index in [4.69, 9.17) is 4.98 Å². The highest BCUT2D eigenvalue weighted by Gasteiger charge is 2.26. The minimum absolute atomic E-state index is 0.0359. The molecule has 3 aromatic carbocycles. The Morgan fingerprint density at radius 2 is 1.67 bits per heavy atom. The number of aryl methyl sites for hydroxylation is 1. The molecule has 9 nitrogen and oxygen atoms in total. The van der Waals surface area contributed by atoms with Crippen LogP contribution >= 0.6 is 0 Å². The molecule has 0 spiro atoms. The lowest BCUT2D eigenvalue weighted by atomic mass is 9.98. The molecule has 3 N–H and O–H groups in total. The molecule has 1 heterocycles. The molecule has 1 aromatic heterocycles. The molecule has 0 aliphatic carbocycles. The first-order chi connectivity index (χ1) is 20.6. The lowest BCUT2D eigenvalue weighted by Gasteiger charge is -2.24.